The summed E-state index contributed by atoms with van der Waals surface area (Å²) in [5.41, 5.74) is 3.10. The van der Waals surface area contributed by atoms with Crippen LogP contribution in [0.25, 0.3) is 0 Å². The third kappa shape index (κ3) is 4.07. The first-order valence-corrected chi connectivity index (χ1v) is 8.28. The van der Waals surface area contributed by atoms with E-state index in [9.17, 15) is 0 Å². The van der Waals surface area contributed by atoms with Crippen molar-refractivity contribution in [3.05, 3.63) is 35.4 Å². The zero-order valence-corrected chi connectivity index (χ0v) is 13.4. The molecule has 2 rings (SSSR count). The average Bonchev–Trinajstić information content (AvgIpc) is 2.70. The third-order valence-electron chi connectivity index (χ3n) is 4.77. The number of fused-ring (bicyclic) bond motifs is 1. The van der Waals surface area contributed by atoms with Crippen molar-refractivity contribution in [2.45, 2.75) is 58.5 Å². The molecule has 1 aliphatic heterocycles. The van der Waals surface area contributed by atoms with Crippen LogP contribution in [-0.2, 0) is 12.8 Å². The van der Waals surface area contributed by atoms with E-state index in [1.807, 2.05) is 0 Å². The van der Waals surface area contributed by atoms with Crippen molar-refractivity contribution in [3.63, 3.8) is 0 Å². The second-order valence-electron chi connectivity index (χ2n) is 6.08. The monoisotopic (exact) mass is 274 g/mol. The zero-order valence-electron chi connectivity index (χ0n) is 13.4. The minimum atomic E-state index is 0.630. The Morgan fingerprint density at radius 1 is 1.05 bits per heavy atom. The maximum atomic E-state index is 3.72. The highest BCUT2D eigenvalue weighted by Crippen LogP contribution is 2.16. The summed E-state index contributed by atoms with van der Waals surface area (Å²) in [4.78, 5) is 2.65. The van der Waals surface area contributed by atoms with E-state index in [1.165, 1.54) is 38.8 Å². The molecule has 1 unspecified atom stereocenters. The van der Waals surface area contributed by atoms with Gasteiger partial charge in [0.15, 0.2) is 0 Å². The maximum Gasteiger partial charge on any atom is 0.0192 e. The Kier molecular flexibility index (Phi) is 6.06. The molecule has 1 atom stereocenters. The second kappa shape index (κ2) is 7.80. The largest absolute Gasteiger partial charge is 0.312 e. The Morgan fingerprint density at radius 3 is 2.10 bits per heavy atom. The van der Waals surface area contributed by atoms with Crippen LogP contribution in [0.15, 0.2) is 24.3 Å². The fourth-order valence-electron chi connectivity index (χ4n) is 3.17. The van der Waals surface area contributed by atoms with Crippen molar-refractivity contribution in [2.24, 2.45) is 0 Å². The molecule has 1 aromatic carbocycles. The Labute approximate surface area is 124 Å². The molecule has 0 bridgehead atoms. The van der Waals surface area contributed by atoms with Gasteiger partial charge in [-0.25, -0.2) is 0 Å². The second-order valence-corrected chi connectivity index (χ2v) is 6.08. The van der Waals surface area contributed by atoms with Gasteiger partial charge in [0.2, 0.25) is 0 Å². The SMILES string of the molecule is CCC(CC)NCC(C)N1CCc2ccccc2CC1. The summed E-state index contributed by atoms with van der Waals surface area (Å²) in [7, 11) is 0. The standard InChI is InChI=1S/C18H30N2/c1-4-18(5-2)19-14-15(3)20-12-10-16-8-6-7-9-17(16)11-13-20/h6-9,15,18-19H,4-5,10-14H2,1-3H3. The summed E-state index contributed by atoms with van der Waals surface area (Å²) in [5.74, 6) is 0. The molecule has 0 aromatic heterocycles. The molecule has 0 fully saturated rings. The Bertz CT molecular complexity index is 371. The fraction of sp³-hybridized carbons (Fsp3) is 0.667. The quantitative estimate of drug-likeness (QED) is 0.856. The molecule has 0 radical (unpaired) electrons. The molecule has 1 aliphatic rings. The number of hydrogen-bond acceptors (Lipinski definition) is 2. The van der Waals surface area contributed by atoms with Gasteiger partial charge in [-0.2, -0.15) is 0 Å². The minimum Gasteiger partial charge on any atom is -0.312 e. The molecule has 20 heavy (non-hydrogen) atoms. The van der Waals surface area contributed by atoms with E-state index in [0.29, 0.717) is 12.1 Å². The first kappa shape index (κ1) is 15.5. The molecular formula is C18H30N2. The van der Waals surface area contributed by atoms with Gasteiger partial charge in [0.05, 0.1) is 0 Å². The minimum absolute atomic E-state index is 0.630. The average molecular weight is 274 g/mol. The predicted octanol–water partition coefficient (Wildman–Crippen LogP) is 3.25. The van der Waals surface area contributed by atoms with Gasteiger partial charge in [0, 0.05) is 31.7 Å². The highest BCUT2D eigenvalue weighted by atomic mass is 15.2. The molecule has 0 amide bonds. The first-order chi connectivity index (χ1) is 9.74. The molecule has 1 N–H and O–H groups in total. The summed E-state index contributed by atoms with van der Waals surface area (Å²) in [6.07, 6.45) is 4.86. The summed E-state index contributed by atoms with van der Waals surface area (Å²) >= 11 is 0. The lowest BCUT2D eigenvalue weighted by molar-refractivity contribution is 0.208. The molecular weight excluding hydrogens is 244 g/mol. The number of benzene rings is 1. The van der Waals surface area contributed by atoms with E-state index in [2.05, 4.69) is 55.3 Å². The van der Waals surface area contributed by atoms with Gasteiger partial charge >= 0.3 is 0 Å². The number of nitrogens with one attached hydrogen (secondary N) is 1. The van der Waals surface area contributed by atoms with E-state index in [0.717, 1.165) is 6.54 Å². The molecule has 2 nitrogen and oxygen atoms in total. The maximum absolute atomic E-state index is 3.72. The normalized spacial score (nSPS) is 17.8. The van der Waals surface area contributed by atoms with Crippen molar-refractivity contribution in [1.82, 2.24) is 10.2 Å². The lowest BCUT2D eigenvalue weighted by Gasteiger charge is -2.29. The number of nitrogens with zero attached hydrogens (tertiary/aromatic N) is 1. The summed E-state index contributed by atoms with van der Waals surface area (Å²) in [6, 6.07) is 10.3. The summed E-state index contributed by atoms with van der Waals surface area (Å²) in [5, 5.41) is 3.72. The predicted molar refractivity (Wildman–Crippen MR) is 87.3 cm³/mol. The molecule has 112 valence electrons. The van der Waals surface area contributed by atoms with Crippen LogP contribution in [0.3, 0.4) is 0 Å². The fourth-order valence-corrected chi connectivity index (χ4v) is 3.17. The summed E-state index contributed by atoms with van der Waals surface area (Å²) in [6.45, 7) is 10.4. The van der Waals surface area contributed by atoms with Gasteiger partial charge in [-0.15, -0.1) is 0 Å². The van der Waals surface area contributed by atoms with Crippen molar-refractivity contribution in [3.8, 4) is 0 Å². The molecule has 2 heteroatoms. The van der Waals surface area contributed by atoms with E-state index in [1.54, 1.807) is 11.1 Å². The van der Waals surface area contributed by atoms with Crippen LogP contribution in [0.5, 0.6) is 0 Å². The van der Waals surface area contributed by atoms with E-state index >= 15 is 0 Å². The van der Waals surface area contributed by atoms with Crippen molar-refractivity contribution < 1.29 is 0 Å². The van der Waals surface area contributed by atoms with Gasteiger partial charge in [0.1, 0.15) is 0 Å². The Morgan fingerprint density at radius 2 is 1.60 bits per heavy atom. The molecule has 0 saturated carbocycles. The van der Waals surface area contributed by atoms with Crippen LogP contribution >= 0.6 is 0 Å². The van der Waals surface area contributed by atoms with Crippen LogP contribution in [0, 0.1) is 0 Å². The zero-order chi connectivity index (χ0) is 14.4. The highest BCUT2D eigenvalue weighted by molar-refractivity contribution is 5.28. The Balaban J connectivity index is 1.85. The highest BCUT2D eigenvalue weighted by Gasteiger charge is 2.18. The number of hydrogen-bond donors (Lipinski definition) is 1. The van der Waals surface area contributed by atoms with Gasteiger partial charge < -0.3 is 5.32 Å². The smallest absolute Gasteiger partial charge is 0.0192 e. The van der Waals surface area contributed by atoms with Crippen LogP contribution in [-0.4, -0.2) is 36.6 Å². The van der Waals surface area contributed by atoms with E-state index in [-0.39, 0.29) is 0 Å². The lowest BCUT2D eigenvalue weighted by Crippen LogP contribution is -2.44. The molecule has 0 aliphatic carbocycles. The van der Waals surface area contributed by atoms with Gasteiger partial charge in [0.25, 0.3) is 0 Å². The van der Waals surface area contributed by atoms with Gasteiger partial charge in [-0.3, -0.25) is 4.90 Å². The van der Waals surface area contributed by atoms with Crippen molar-refractivity contribution in [2.75, 3.05) is 19.6 Å². The van der Waals surface area contributed by atoms with Crippen LogP contribution in [0.4, 0.5) is 0 Å². The van der Waals surface area contributed by atoms with Crippen molar-refractivity contribution >= 4 is 0 Å². The molecule has 0 spiro atoms. The van der Waals surface area contributed by atoms with Crippen LogP contribution < -0.4 is 5.32 Å². The number of rotatable bonds is 6. The first-order valence-electron chi connectivity index (χ1n) is 8.28. The summed E-state index contributed by atoms with van der Waals surface area (Å²) < 4.78 is 0. The molecule has 1 aromatic rings. The van der Waals surface area contributed by atoms with Gasteiger partial charge in [-0.05, 0) is 43.7 Å². The topological polar surface area (TPSA) is 15.3 Å². The van der Waals surface area contributed by atoms with Crippen molar-refractivity contribution in [1.29, 1.82) is 0 Å². The molecule has 1 heterocycles. The third-order valence-corrected chi connectivity index (χ3v) is 4.77. The molecule has 0 saturated heterocycles. The lowest BCUT2D eigenvalue weighted by atomic mass is 10.0. The van der Waals surface area contributed by atoms with E-state index in [4.69, 9.17) is 0 Å². The van der Waals surface area contributed by atoms with Gasteiger partial charge in [-0.1, -0.05) is 38.1 Å². The Hall–Kier alpha value is -0.860. The van der Waals surface area contributed by atoms with E-state index < -0.39 is 0 Å². The van der Waals surface area contributed by atoms with Crippen LogP contribution in [0.2, 0.25) is 0 Å². The van der Waals surface area contributed by atoms with Crippen LogP contribution in [0.1, 0.15) is 44.7 Å².